The SMILES string of the molecule is Cn1c(N2CCN(C(=O)OC(C)(C)C)CC2)nc2ccc(-c3ccc(OCc4ccccc4)nc3OCc3ccccc3)cc21. The summed E-state index contributed by atoms with van der Waals surface area (Å²) in [7, 11) is 2.03. The van der Waals surface area contributed by atoms with Crippen molar-refractivity contribution >= 4 is 23.1 Å². The topological polar surface area (TPSA) is 82.0 Å². The minimum atomic E-state index is -0.513. The maximum absolute atomic E-state index is 12.6. The molecule has 0 aliphatic carbocycles. The van der Waals surface area contributed by atoms with E-state index in [9.17, 15) is 4.79 Å². The first-order valence-electron chi connectivity index (χ1n) is 15.3. The molecule has 0 saturated carbocycles. The fraction of sp³-hybridized carbons (Fsp3) is 0.306. The van der Waals surface area contributed by atoms with Crippen molar-refractivity contribution in [2.24, 2.45) is 7.05 Å². The summed E-state index contributed by atoms with van der Waals surface area (Å²) >= 11 is 0. The van der Waals surface area contributed by atoms with Gasteiger partial charge >= 0.3 is 6.09 Å². The third-order valence-corrected chi connectivity index (χ3v) is 7.67. The lowest BCUT2D eigenvalue weighted by Gasteiger charge is -2.36. The molecule has 1 saturated heterocycles. The molecule has 9 heteroatoms. The van der Waals surface area contributed by atoms with Crippen molar-refractivity contribution in [2.75, 3.05) is 31.1 Å². The molecule has 1 aliphatic rings. The van der Waals surface area contributed by atoms with Gasteiger partial charge in [0.1, 0.15) is 18.8 Å². The molecule has 0 unspecified atom stereocenters. The van der Waals surface area contributed by atoms with Gasteiger partial charge in [0.05, 0.1) is 11.0 Å². The number of benzene rings is 3. The van der Waals surface area contributed by atoms with Crippen LogP contribution in [0.5, 0.6) is 11.8 Å². The van der Waals surface area contributed by atoms with Crippen LogP contribution in [0, 0.1) is 0 Å². The summed E-state index contributed by atoms with van der Waals surface area (Å²) in [5.41, 5.74) is 5.34. The first kappa shape index (κ1) is 30.0. The van der Waals surface area contributed by atoms with E-state index in [1.807, 2.05) is 107 Å². The highest BCUT2D eigenvalue weighted by atomic mass is 16.6. The number of anilines is 1. The molecule has 45 heavy (non-hydrogen) atoms. The molecular weight excluding hydrogens is 566 g/mol. The molecule has 0 radical (unpaired) electrons. The average molecular weight is 606 g/mol. The molecule has 0 bridgehead atoms. The van der Waals surface area contributed by atoms with E-state index in [1.165, 1.54) is 0 Å². The maximum atomic E-state index is 12.6. The van der Waals surface area contributed by atoms with Crippen LogP contribution >= 0.6 is 0 Å². The molecule has 3 aromatic carbocycles. The van der Waals surface area contributed by atoms with E-state index in [1.54, 1.807) is 4.90 Å². The number of rotatable bonds is 8. The van der Waals surface area contributed by atoms with Crippen LogP contribution < -0.4 is 14.4 Å². The number of hydrogen-bond acceptors (Lipinski definition) is 7. The summed E-state index contributed by atoms with van der Waals surface area (Å²) in [5.74, 6) is 1.87. The van der Waals surface area contributed by atoms with Gasteiger partial charge in [0.2, 0.25) is 17.7 Å². The predicted octanol–water partition coefficient (Wildman–Crippen LogP) is 6.85. The average Bonchev–Trinajstić information content (AvgIpc) is 3.38. The second kappa shape index (κ2) is 12.9. The van der Waals surface area contributed by atoms with Crippen LogP contribution in [-0.4, -0.2) is 57.3 Å². The first-order valence-corrected chi connectivity index (χ1v) is 15.3. The monoisotopic (exact) mass is 605 g/mol. The zero-order valence-electron chi connectivity index (χ0n) is 26.3. The maximum Gasteiger partial charge on any atom is 0.410 e. The highest BCUT2D eigenvalue weighted by Crippen LogP contribution is 2.34. The number of fused-ring (bicyclic) bond motifs is 1. The lowest BCUT2D eigenvalue weighted by atomic mass is 10.1. The van der Waals surface area contributed by atoms with Crippen molar-refractivity contribution in [1.82, 2.24) is 19.4 Å². The van der Waals surface area contributed by atoms with Gasteiger partial charge in [0.25, 0.3) is 0 Å². The van der Waals surface area contributed by atoms with Gasteiger partial charge in [-0.25, -0.2) is 9.78 Å². The van der Waals surface area contributed by atoms with Gasteiger partial charge in [-0.05, 0) is 55.7 Å². The Labute approximate surface area is 264 Å². The minimum absolute atomic E-state index is 0.271. The summed E-state index contributed by atoms with van der Waals surface area (Å²) in [6.07, 6.45) is -0.271. The Kier molecular flexibility index (Phi) is 8.60. The van der Waals surface area contributed by atoms with Crippen LogP contribution in [0.3, 0.4) is 0 Å². The van der Waals surface area contributed by atoms with Gasteiger partial charge in [-0.1, -0.05) is 66.7 Å². The third kappa shape index (κ3) is 7.20. The number of carbonyl (C=O) groups excluding carboxylic acids is 1. The Hall–Kier alpha value is -5.05. The number of ether oxygens (including phenoxy) is 3. The largest absolute Gasteiger partial charge is 0.473 e. The lowest BCUT2D eigenvalue weighted by Crippen LogP contribution is -2.50. The summed E-state index contributed by atoms with van der Waals surface area (Å²) in [6.45, 7) is 8.97. The van der Waals surface area contributed by atoms with E-state index in [-0.39, 0.29) is 6.09 Å². The van der Waals surface area contributed by atoms with E-state index >= 15 is 0 Å². The number of imidazole rings is 1. The van der Waals surface area contributed by atoms with Crippen molar-refractivity contribution < 1.29 is 19.0 Å². The van der Waals surface area contributed by atoms with Gasteiger partial charge in [-0.3, -0.25) is 0 Å². The highest BCUT2D eigenvalue weighted by molar-refractivity contribution is 5.85. The normalized spacial score (nSPS) is 13.6. The number of nitrogens with zero attached hydrogens (tertiary/aromatic N) is 5. The second-order valence-electron chi connectivity index (χ2n) is 12.2. The molecule has 232 valence electrons. The lowest BCUT2D eigenvalue weighted by molar-refractivity contribution is 0.0240. The number of aromatic nitrogens is 3. The Morgan fingerprint density at radius 1 is 0.778 bits per heavy atom. The molecule has 5 aromatic rings. The third-order valence-electron chi connectivity index (χ3n) is 7.67. The molecular formula is C36H39N5O4. The second-order valence-corrected chi connectivity index (χ2v) is 12.2. The Morgan fingerprint density at radius 2 is 1.42 bits per heavy atom. The zero-order valence-corrected chi connectivity index (χ0v) is 26.3. The molecule has 1 amide bonds. The van der Waals surface area contributed by atoms with Crippen LogP contribution in [0.2, 0.25) is 0 Å². The van der Waals surface area contributed by atoms with Gasteiger partial charge in [-0.15, -0.1) is 0 Å². The van der Waals surface area contributed by atoms with E-state index < -0.39 is 5.60 Å². The van der Waals surface area contributed by atoms with Crippen LogP contribution in [-0.2, 0) is 25.0 Å². The number of pyridine rings is 1. The van der Waals surface area contributed by atoms with Crippen LogP contribution in [0.4, 0.5) is 10.7 Å². The molecule has 3 heterocycles. The number of hydrogen-bond donors (Lipinski definition) is 0. The first-order chi connectivity index (χ1) is 21.7. The smallest absolute Gasteiger partial charge is 0.410 e. The fourth-order valence-electron chi connectivity index (χ4n) is 5.33. The molecule has 9 nitrogen and oxygen atoms in total. The van der Waals surface area contributed by atoms with Gasteiger partial charge in [-0.2, -0.15) is 4.98 Å². The summed E-state index contributed by atoms with van der Waals surface area (Å²) < 4.78 is 20.0. The Balaban J connectivity index is 1.24. The van der Waals surface area contributed by atoms with Gasteiger partial charge < -0.3 is 28.6 Å². The fourth-order valence-corrected chi connectivity index (χ4v) is 5.33. The van der Waals surface area contributed by atoms with Crippen molar-refractivity contribution in [1.29, 1.82) is 0 Å². The quantitative estimate of drug-likeness (QED) is 0.191. The van der Waals surface area contributed by atoms with Crippen LogP contribution in [0.25, 0.3) is 22.2 Å². The molecule has 0 N–H and O–H groups in total. The van der Waals surface area contributed by atoms with Crippen LogP contribution in [0.15, 0.2) is 91.0 Å². The minimum Gasteiger partial charge on any atom is -0.473 e. The summed E-state index contributed by atoms with van der Waals surface area (Å²) in [4.78, 5) is 26.3. The molecule has 1 aliphatic heterocycles. The van der Waals surface area contributed by atoms with E-state index in [4.69, 9.17) is 24.2 Å². The van der Waals surface area contributed by atoms with Gasteiger partial charge in [0.15, 0.2) is 0 Å². The molecule has 6 rings (SSSR count). The van der Waals surface area contributed by atoms with E-state index in [2.05, 4.69) is 21.6 Å². The van der Waals surface area contributed by atoms with Crippen LogP contribution in [0.1, 0.15) is 31.9 Å². The van der Waals surface area contributed by atoms with Crippen molar-refractivity contribution in [2.45, 2.75) is 39.6 Å². The van der Waals surface area contributed by atoms with E-state index in [0.29, 0.717) is 51.2 Å². The van der Waals surface area contributed by atoms with Crippen molar-refractivity contribution in [3.63, 3.8) is 0 Å². The molecule has 0 spiro atoms. The summed E-state index contributed by atoms with van der Waals surface area (Å²) in [5, 5.41) is 0. The Morgan fingerprint density at radius 3 is 2.07 bits per heavy atom. The highest BCUT2D eigenvalue weighted by Gasteiger charge is 2.27. The number of aryl methyl sites for hydroxylation is 1. The number of carbonyl (C=O) groups is 1. The molecule has 1 fully saturated rings. The van der Waals surface area contributed by atoms with Crippen molar-refractivity contribution in [3.05, 3.63) is 102 Å². The Bertz CT molecular complexity index is 1760. The van der Waals surface area contributed by atoms with E-state index in [0.717, 1.165) is 39.2 Å². The zero-order chi connectivity index (χ0) is 31.4. The molecule has 0 atom stereocenters. The van der Waals surface area contributed by atoms with Gasteiger partial charge in [0, 0.05) is 44.9 Å². The standard InChI is InChI=1S/C36H39N5O4/c1-36(2,3)45-35(42)41-21-19-40(20-22-41)34-37-30-17-15-28(23-31(30)39(34)4)29-16-18-32(43-24-26-11-7-5-8-12-26)38-33(29)44-25-27-13-9-6-10-14-27/h5-18,23H,19-22,24-25H2,1-4H3. The molecule has 2 aromatic heterocycles. The predicted molar refractivity (Wildman–Crippen MR) is 176 cm³/mol. The summed E-state index contributed by atoms with van der Waals surface area (Å²) in [6, 6.07) is 30.2. The van der Waals surface area contributed by atoms with Crippen molar-refractivity contribution in [3.8, 4) is 22.9 Å². The number of amides is 1. The number of piperazine rings is 1.